The predicted octanol–water partition coefficient (Wildman–Crippen LogP) is 11.1. The van der Waals surface area contributed by atoms with Gasteiger partial charge in [0.15, 0.2) is 5.75 Å². The number of nitrogens with zero attached hydrogens (tertiary/aromatic N) is 2. The molecule has 1 unspecified atom stereocenters. The molecule has 0 bridgehead atoms. The third-order valence-electron chi connectivity index (χ3n) is 14.5. The zero-order valence-corrected chi connectivity index (χ0v) is 39.0. The van der Waals surface area contributed by atoms with Gasteiger partial charge in [0, 0.05) is 40.1 Å². The number of aromatic nitrogens is 2. The number of carboxylic acid groups (broad SMARTS) is 1. The second-order valence-electron chi connectivity index (χ2n) is 19.1. The summed E-state index contributed by atoms with van der Waals surface area (Å²) in [5.41, 5.74) is 7.04. The molecule has 9 rings (SSSR count). The number of hydrogen-bond acceptors (Lipinski definition) is 9. The zero-order valence-electron chi connectivity index (χ0n) is 38.2. The Bertz CT molecular complexity index is 2560. The van der Waals surface area contributed by atoms with Crippen LogP contribution in [-0.2, 0) is 27.8 Å². The van der Waals surface area contributed by atoms with E-state index in [2.05, 4.69) is 46.6 Å². The minimum absolute atomic E-state index is 0.0448. The molecule has 0 saturated heterocycles. The van der Waals surface area contributed by atoms with Crippen molar-refractivity contribution in [3.8, 4) is 34.4 Å². The average molecular weight is 914 g/mol. The highest BCUT2D eigenvalue weighted by Crippen LogP contribution is 2.57. The van der Waals surface area contributed by atoms with Crippen LogP contribution in [0.2, 0.25) is 5.02 Å². The molecule has 346 valence electrons. The number of carbonyl (C=O) groups excluding carboxylic acids is 1. The number of carboxylic acids is 1. The summed E-state index contributed by atoms with van der Waals surface area (Å²) in [5.74, 6) is 2.99. The van der Waals surface area contributed by atoms with Crippen LogP contribution >= 0.6 is 11.6 Å². The zero-order chi connectivity index (χ0) is 45.8. The number of carbonyl (C=O) groups is 2. The van der Waals surface area contributed by atoms with Gasteiger partial charge in [-0.1, -0.05) is 55.8 Å². The van der Waals surface area contributed by atoms with E-state index in [9.17, 15) is 14.7 Å². The fraction of sp³-hybridized carbons (Fsp3) is 0.444. The van der Waals surface area contributed by atoms with E-state index < -0.39 is 11.5 Å². The summed E-state index contributed by atoms with van der Waals surface area (Å²) in [6.45, 7) is 8.51. The third-order valence-corrected chi connectivity index (χ3v) is 14.8. The number of ether oxygens (including phenoxy) is 4. The number of aryl methyl sites for hydroxylation is 1. The molecule has 1 fully saturated rings. The molecule has 66 heavy (non-hydrogen) atoms. The highest BCUT2D eigenvalue weighted by molar-refractivity contribution is 6.30. The summed E-state index contributed by atoms with van der Waals surface area (Å²) in [5, 5.41) is 17.9. The van der Waals surface area contributed by atoms with Crippen LogP contribution in [0, 0.1) is 11.8 Å². The first kappa shape index (κ1) is 45.4. The van der Waals surface area contributed by atoms with Gasteiger partial charge in [0.2, 0.25) is 5.91 Å². The molecule has 1 spiro atoms. The van der Waals surface area contributed by atoms with E-state index in [1.54, 1.807) is 12.1 Å². The van der Waals surface area contributed by atoms with E-state index in [1.807, 2.05) is 73.8 Å². The summed E-state index contributed by atoms with van der Waals surface area (Å²) in [4.78, 5) is 35.7. The van der Waals surface area contributed by atoms with E-state index >= 15 is 0 Å². The lowest BCUT2D eigenvalue weighted by molar-refractivity contribution is -0.144. The number of anilines is 1. The molecule has 0 radical (unpaired) electrons. The summed E-state index contributed by atoms with van der Waals surface area (Å²) < 4.78 is 24.3. The first-order valence-electron chi connectivity index (χ1n) is 23.8. The second-order valence-corrected chi connectivity index (χ2v) is 19.5. The molecule has 11 nitrogen and oxygen atoms in total. The van der Waals surface area contributed by atoms with E-state index in [0.29, 0.717) is 99.1 Å². The molecule has 3 N–H and O–H groups in total. The Kier molecular flexibility index (Phi) is 13.4. The SMILES string of the molecule is C[C@@H](COc1ccnc2c1[C@H](C)CCC2)CC1Cc2ccc(OCCCC(=O)N[C@@H](C)c3cccc(-c4ccc5c(n4)OCCO5)c3)cc2C12CCC(Nc1cccc(Cl)c1)(C(=O)O)CC2. The minimum Gasteiger partial charge on any atom is -0.494 e. The van der Waals surface area contributed by atoms with Crippen molar-refractivity contribution in [3.05, 3.63) is 124 Å². The Morgan fingerprint density at radius 3 is 2.62 bits per heavy atom. The monoisotopic (exact) mass is 912 g/mol. The average Bonchev–Trinajstić information content (AvgIpc) is 3.61. The number of aliphatic carboxylic acids is 1. The number of nitrogens with one attached hydrogen (secondary N) is 2. The van der Waals surface area contributed by atoms with Gasteiger partial charge in [0.05, 0.1) is 24.9 Å². The second kappa shape index (κ2) is 19.6. The van der Waals surface area contributed by atoms with Crippen LogP contribution in [0.5, 0.6) is 23.1 Å². The summed E-state index contributed by atoms with van der Waals surface area (Å²) in [7, 11) is 0. The Morgan fingerprint density at radius 2 is 1.79 bits per heavy atom. The lowest BCUT2D eigenvalue weighted by Crippen LogP contribution is -2.53. The summed E-state index contributed by atoms with van der Waals surface area (Å²) in [6, 6.07) is 27.4. The fourth-order valence-corrected chi connectivity index (χ4v) is 11.2. The Morgan fingerprint density at radius 1 is 0.955 bits per heavy atom. The molecule has 1 aliphatic heterocycles. The molecule has 1 saturated carbocycles. The molecular weight excluding hydrogens is 852 g/mol. The topological polar surface area (TPSA) is 141 Å². The van der Waals surface area contributed by atoms with Gasteiger partial charge in [-0.15, -0.1) is 0 Å². The molecule has 4 aliphatic rings. The van der Waals surface area contributed by atoms with Gasteiger partial charge in [-0.3, -0.25) is 9.78 Å². The first-order chi connectivity index (χ1) is 32.0. The highest BCUT2D eigenvalue weighted by Gasteiger charge is 2.54. The minimum atomic E-state index is -1.12. The van der Waals surface area contributed by atoms with Gasteiger partial charge >= 0.3 is 5.97 Å². The number of hydrogen-bond donors (Lipinski definition) is 3. The van der Waals surface area contributed by atoms with Crippen LogP contribution in [0.4, 0.5) is 5.69 Å². The van der Waals surface area contributed by atoms with Crippen molar-refractivity contribution in [2.75, 3.05) is 31.7 Å². The van der Waals surface area contributed by atoms with Crippen molar-refractivity contribution < 1.29 is 33.6 Å². The Balaban J connectivity index is 0.853. The molecule has 3 heterocycles. The number of amides is 1. The number of rotatable bonds is 16. The van der Waals surface area contributed by atoms with Gasteiger partial charge in [0.25, 0.3) is 5.88 Å². The first-order valence-corrected chi connectivity index (χ1v) is 24.2. The van der Waals surface area contributed by atoms with Crippen molar-refractivity contribution >= 4 is 29.2 Å². The van der Waals surface area contributed by atoms with Crippen LogP contribution in [-0.4, -0.2) is 58.9 Å². The third kappa shape index (κ3) is 9.68. The largest absolute Gasteiger partial charge is 0.494 e. The number of fused-ring (bicyclic) bond motifs is 4. The maximum Gasteiger partial charge on any atom is 0.329 e. The highest BCUT2D eigenvalue weighted by atomic mass is 35.5. The van der Waals surface area contributed by atoms with E-state index in [-0.39, 0.29) is 23.3 Å². The van der Waals surface area contributed by atoms with Gasteiger partial charge in [-0.05, 0) is 166 Å². The molecular formula is C54H61ClN4O7. The van der Waals surface area contributed by atoms with Gasteiger partial charge in [-0.2, -0.15) is 0 Å². The van der Waals surface area contributed by atoms with Gasteiger partial charge in [-0.25, -0.2) is 9.78 Å². The van der Waals surface area contributed by atoms with Crippen molar-refractivity contribution in [1.82, 2.24) is 15.3 Å². The number of halogens is 1. The maximum atomic E-state index is 13.2. The summed E-state index contributed by atoms with van der Waals surface area (Å²) >= 11 is 6.33. The summed E-state index contributed by atoms with van der Waals surface area (Å²) in [6.07, 6.45) is 10.3. The molecule has 3 aromatic carbocycles. The smallest absolute Gasteiger partial charge is 0.329 e. The van der Waals surface area contributed by atoms with Crippen LogP contribution < -0.4 is 29.6 Å². The lowest BCUT2D eigenvalue weighted by Gasteiger charge is -2.47. The molecule has 4 atom stereocenters. The predicted molar refractivity (Wildman–Crippen MR) is 256 cm³/mol. The van der Waals surface area contributed by atoms with Gasteiger partial charge < -0.3 is 34.7 Å². The standard InChI is InChI=1S/C54H61ClN4O7/c1-34(33-66-47-19-24-56-46-13-4-8-35(2)50(46)47)28-40-30-38-15-16-43(32-44(38)53(40)20-22-54(23-21-53,52(61)62)59-42-12-6-11-41(55)31-42)63-25-7-14-49(60)57-36(3)37-9-5-10-39(29-37)45-17-18-48-51(58-45)65-27-26-64-48/h5-6,9-12,15-19,24,29,31-32,34-36,40,59H,4,7-8,13-14,20-23,25-28,30,33H2,1-3H3,(H,57,60)(H,61,62)/t34-,35-,36+,40?,53?,54?/m1/s1. The molecule has 3 aliphatic carbocycles. The number of pyridine rings is 2. The Hall–Kier alpha value is -5.81. The molecule has 12 heteroatoms. The van der Waals surface area contributed by atoms with Crippen molar-refractivity contribution in [2.24, 2.45) is 11.8 Å². The molecule has 2 aromatic heterocycles. The van der Waals surface area contributed by atoms with Crippen molar-refractivity contribution in [1.29, 1.82) is 0 Å². The quantitative estimate of drug-likeness (QED) is 0.0819. The van der Waals surface area contributed by atoms with E-state index in [4.69, 9.17) is 30.5 Å². The van der Waals surface area contributed by atoms with Crippen LogP contribution in [0.3, 0.4) is 0 Å². The molecule has 5 aromatic rings. The molecule has 1 amide bonds. The van der Waals surface area contributed by atoms with Crippen LogP contribution in [0.15, 0.2) is 91.1 Å². The van der Waals surface area contributed by atoms with Crippen LogP contribution in [0.1, 0.15) is 118 Å². The Labute approximate surface area is 393 Å². The van der Waals surface area contributed by atoms with Crippen molar-refractivity contribution in [2.45, 2.75) is 114 Å². The lowest BCUT2D eigenvalue weighted by atomic mass is 9.59. The van der Waals surface area contributed by atoms with Gasteiger partial charge in [0.1, 0.15) is 30.3 Å². The van der Waals surface area contributed by atoms with E-state index in [1.165, 1.54) is 22.4 Å². The fourth-order valence-electron chi connectivity index (χ4n) is 11.0. The number of benzene rings is 3. The van der Waals surface area contributed by atoms with E-state index in [0.717, 1.165) is 60.4 Å². The normalized spacial score (nSPS) is 22.7. The maximum absolute atomic E-state index is 13.2. The van der Waals surface area contributed by atoms with Crippen molar-refractivity contribution in [3.63, 3.8) is 0 Å². The van der Waals surface area contributed by atoms with Crippen LogP contribution in [0.25, 0.3) is 11.3 Å².